The third-order valence-corrected chi connectivity index (χ3v) is 5.32. The molecule has 2 fully saturated rings. The number of likely N-dealkylation sites (tertiary alicyclic amines) is 2. The van der Waals surface area contributed by atoms with Gasteiger partial charge in [0.25, 0.3) is 11.8 Å². The Morgan fingerprint density at radius 1 is 0.875 bits per heavy atom. The van der Waals surface area contributed by atoms with Gasteiger partial charge in [0.05, 0.1) is 0 Å². The molecule has 0 bridgehead atoms. The van der Waals surface area contributed by atoms with Crippen LogP contribution in [0.3, 0.4) is 0 Å². The van der Waals surface area contributed by atoms with E-state index in [0.717, 1.165) is 38.8 Å². The molecular weight excluding hydrogens is 302 g/mol. The Morgan fingerprint density at radius 3 is 1.75 bits per heavy atom. The van der Waals surface area contributed by atoms with Crippen molar-refractivity contribution in [3.05, 3.63) is 29.6 Å². The zero-order valence-corrected chi connectivity index (χ0v) is 14.7. The molecule has 3 rings (SSSR count). The Balaban J connectivity index is 1.78. The fourth-order valence-electron chi connectivity index (χ4n) is 3.77. The third-order valence-electron chi connectivity index (χ3n) is 5.32. The minimum absolute atomic E-state index is 0.0523. The largest absolute Gasteiger partial charge is 0.335 e. The number of nitrogens with zero attached hydrogens (tertiary/aromatic N) is 3. The van der Waals surface area contributed by atoms with Crippen molar-refractivity contribution < 1.29 is 9.59 Å². The fourth-order valence-corrected chi connectivity index (χ4v) is 3.77. The summed E-state index contributed by atoms with van der Waals surface area (Å²) in [6, 6.07) is 5.71. The van der Waals surface area contributed by atoms with Gasteiger partial charge >= 0.3 is 0 Å². The van der Waals surface area contributed by atoms with E-state index < -0.39 is 0 Å². The van der Waals surface area contributed by atoms with Crippen LogP contribution in [0.4, 0.5) is 0 Å². The molecule has 0 aromatic carbocycles. The van der Waals surface area contributed by atoms with Crippen molar-refractivity contribution in [1.82, 2.24) is 14.8 Å². The molecule has 5 heteroatoms. The molecule has 130 valence electrons. The molecule has 2 amide bonds. The molecule has 3 heterocycles. The van der Waals surface area contributed by atoms with Crippen molar-refractivity contribution in [2.24, 2.45) is 0 Å². The van der Waals surface area contributed by atoms with Crippen LogP contribution < -0.4 is 0 Å². The van der Waals surface area contributed by atoms with Gasteiger partial charge in [-0.2, -0.15) is 0 Å². The van der Waals surface area contributed by atoms with Crippen LogP contribution in [-0.2, 0) is 0 Å². The molecule has 0 spiro atoms. The first-order valence-electron chi connectivity index (χ1n) is 9.17. The smallest absolute Gasteiger partial charge is 0.272 e. The van der Waals surface area contributed by atoms with Crippen LogP contribution in [0.15, 0.2) is 18.2 Å². The van der Waals surface area contributed by atoms with Gasteiger partial charge in [-0.3, -0.25) is 9.59 Å². The summed E-state index contributed by atoms with van der Waals surface area (Å²) < 4.78 is 0. The molecular formula is C19H27N3O2. The van der Waals surface area contributed by atoms with Crippen LogP contribution in [0.25, 0.3) is 0 Å². The third kappa shape index (κ3) is 3.45. The van der Waals surface area contributed by atoms with E-state index in [9.17, 15) is 9.59 Å². The Bertz CT molecular complexity index is 567. The van der Waals surface area contributed by atoms with Crippen LogP contribution in [0.2, 0.25) is 0 Å². The second-order valence-electron chi connectivity index (χ2n) is 7.09. The molecule has 2 saturated heterocycles. The number of hydrogen-bond acceptors (Lipinski definition) is 3. The Hall–Kier alpha value is -1.91. The summed E-state index contributed by atoms with van der Waals surface area (Å²) >= 11 is 0. The molecule has 0 N–H and O–H groups in total. The standard InChI is InChI=1S/C19H27N3O2/c1-14-8-3-5-12-21(14)18(23)16-10-7-11-17(20-16)19(24)22-13-6-4-9-15(22)2/h7,10-11,14-15H,3-6,8-9,12-13H2,1-2H3. The van der Waals surface area contributed by atoms with E-state index in [1.165, 1.54) is 12.8 Å². The lowest BCUT2D eigenvalue weighted by molar-refractivity contribution is 0.0622. The highest BCUT2D eigenvalue weighted by Gasteiger charge is 2.28. The maximum atomic E-state index is 12.8. The summed E-state index contributed by atoms with van der Waals surface area (Å²) in [5, 5.41) is 0. The van der Waals surface area contributed by atoms with Gasteiger partial charge in [-0.05, 0) is 64.5 Å². The summed E-state index contributed by atoms with van der Waals surface area (Å²) in [6.45, 7) is 5.73. The summed E-state index contributed by atoms with van der Waals surface area (Å²) in [5.41, 5.74) is 0.776. The molecule has 24 heavy (non-hydrogen) atoms. The summed E-state index contributed by atoms with van der Waals surface area (Å²) in [6.07, 6.45) is 6.50. The van der Waals surface area contributed by atoms with Crippen molar-refractivity contribution >= 4 is 11.8 Å². The number of carbonyl (C=O) groups excluding carboxylic acids is 2. The molecule has 2 aliphatic rings. The summed E-state index contributed by atoms with van der Waals surface area (Å²) in [4.78, 5) is 33.7. The maximum absolute atomic E-state index is 12.8. The monoisotopic (exact) mass is 329 g/mol. The van der Waals surface area contributed by atoms with Crippen LogP contribution >= 0.6 is 0 Å². The van der Waals surface area contributed by atoms with Gasteiger partial charge in [-0.15, -0.1) is 0 Å². The molecule has 2 atom stereocenters. The van der Waals surface area contributed by atoms with Crippen LogP contribution in [0.5, 0.6) is 0 Å². The van der Waals surface area contributed by atoms with E-state index in [2.05, 4.69) is 18.8 Å². The first-order valence-corrected chi connectivity index (χ1v) is 9.17. The molecule has 2 unspecified atom stereocenters. The average Bonchev–Trinajstić information content (AvgIpc) is 2.61. The quantitative estimate of drug-likeness (QED) is 0.838. The van der Waals surface area contributed by atoms with Gasteiger partial charge in [0, 0.05) is 25.2 Å². The Morgan fingerprint density at radius 2 is 1.33 bits per heavy atom. The van der Waals surface area contributed by atoms with E-state index in [1.54, 1.807) is 18.2 Å². The molecule has 5 nitrogen and oxygen atoms in total. The van der Waals surface area contributed by atoms with Gasteiger partial charge < -0.3 is 9.80 Å². The first-order chi connectivity index (χ1) is 11.6. The van der Waals surface area contributed by atoms with E-state index >= 15 is 0 Å². The fraction of sp³-hybridized carbons (Fsp3) is 0.632. The van der Waals surface area contributed by atoms with Gasteiger partial charge in [-0.25, -0.2) is 4.98 Å². The first kappa shape index (κ1) is 16.9. The molecule has 2 aliphatic heterocycles. The number of amides is 2. The maximum Gasteiger partial charge on any atom is 0.272 e. The van der Waals surface area contributed by atoms with Crippen molar-refractivity contribution in [2.45, 2.75) is 64.5 Å². The normalized spacial score (nSPS) is 24.8. The van der Waals surface area contributed by atoms with Crippen LogP contribution in [-0.4, -0.2) is 51.8 Å². The zero-order chi connectivity index (χ0) is 17.1. The van der Waals surface area contributed by atoms with E-state index in [4.69, 9.17) is 0 Å². The number of piperidine rings is 2. The SMILES string of the molecule is CC1CCCCN1C(=O)c1cccc(C(=O)N2CCCCC2C)n1. The lowest BCUT2D eigenvalue weighted by atomic mass is 10.0. The van der Waals surface area contributed by atoms with Crippen molar-refractivity contribution in [2.75, 3.05) is 13.1 Å². The molecule has 0 saturated carbocycles. The Kier molecular flexibility index (Phi) is 5.17. The molecule has 1 aromatic heterocycles. The number of carbonyl (C=O) groups is 2. The predicted octanol–water partition coefficient (Wildman–Crippen LogP) is 3.11. The van der Waals surface area contributed by atoms with Crippen molar-refractivity contribution in [1.29, 1.82) is 0 Å². The number of aromatic nitrogens is 1. The van der Waals surface area contributed by atoms with Crippen molar-refractivity contribution in [3.8, 4) is 0 Å². The van der Waals surface area contributed by atoms with Gasteiger partial charge in [0.15, 0.2) is 0 Å². The van der Waals surface area contributed by atoms with Gasteiger partial charge in [0.2, 0.25) is 0 Å². The lowest BCUT2D eigenvalue weighted by Crippen LogP contribution is -2.43. The molecule has 0 radical (unpaired) electrons. The average molecular weight is 329 g/mol. The number of hydrogen-bond donors (Lipinski definition) is 0. The van der Waals surface area contributed by atoms with E-state index in [1.807, 2.05) is 9.80 Å². The minimum Gasteiger partial charge on any atom is -0.335 e. The lowest BCUT2D eigenvalue weighted by Gasteiger charge is -2.34. The summed E-state index contributed by atoms with van der Waals surface area (Å²) in [5.74, 6) is -0.105. The van der Waals surface area contributed by atoms with Gasteiger partial charge in [0.1, 0.15) is 11.4 Å². The zero-order valence-electron chi connectivity index (χ0n) is 14.7. The van der Waals surface area contributed by atoms with Gasteiger partial charge in [-0.1, -0.05) is 6.07 Å². The second kappa shape index (κ2) is 7.32. The second-order valence-corrected chi connectivity index (χ2v) is 7.09. The highest BCUT2D eigenvalue weighted by Crippen LogP contribution is 2.21. The molecule has 0 aliphatic carbocycles. The Labute approximate surface area is 144 Å². The van der Waals surface area contributed by atoms with Crippen LogP contribution in [0.1, 0.15) is 73.3 Å². The van der Waals surface area contributed by atoms with E-state index in [-0.39, 0.29) is 23.9 Å². The number of pyridine rings is 1. The van der Waals surface area contributed by atoms with E-state index in [0.29, 0.717) is 11.4 Å². The highest BCUT2D eigenvalue weighted by molar-refractivity contribution is 5.96. The van der Waals surface area contributed by atoms with Crippen molar-refractivity contribution in [3.63, 3.8) is 0 Å². The number of rotatable bonds is 2. The molecule has 1 aromatic rings. The topological polar surface area (TPSA) is 53.5 Å². The highest BCUT2D eigenvalue weighted by atomic mass is 16.2. The van der Waals surface area contributed by atoms with Crippen LogP contribution in [0, 0.1) is 0 Å². The summed E-state index contributed by atoms with van der Waals surface area (Å²) in [7, 11) is 0. The minimum atomic E-state index is -0.0523. The predicted molar refractivity (Wildman–Crippen MR) is 92.9 cm³/mol.